The SMILES string of the molecule is Cc1ccc([As](Cl)(Cl)(c2ccc(C)cc2)c2ccc(C)cc2)cc1. The van der Waals surface area contributed by atoms with Gasteiger partial charge in [-0.05, 0) is 0 Å². The zero-order valence-corrected chi connectivity index (χ0v) is 17.5. The summed E-state index contributed by atoms with van der Waals surface area (Å²) in [5.74, 6) is 0. The predicted molar refractivity (Wildman–Crippen MR) is 110 cm³/mol. The molecule has 0 nitrogen and oxygen atoms in total. The number of hydrogen-bond acceptors (Lipinski definition) is 0. The molecule has 3 aromatic rings. The monoisotopic (exact) mass is 418 g/mol. The van der Waals surface area contributed by atoms with Crippen molar-refractivity contribution < 1.29 is 0 Å². The van der Waals surface area contributed by atoms with Crippen LogP contribution < -0.4 is 13.1 Å². The van der Waals surface area contributed by atoms with E-state index in [4.69, 9.17) is 19.9 Å². The number of rotatable bonds is 3. The maximum absolute atomic E-state index is 7.47. The van der Waals surface area contributed by atoms with Gasteiger partial charge < -0.3 is 0 Å². The van der Waals surface area contributed by atoms with Gasteiger partial charge in [-0.15, -0.1) is 0 Å². The minimum absolute atomic E-state index is 1.02. The Bertz CT molecular complexity index is 730. The van der Waals surface area contributed by atoms with Gasteiger partial charge in [0, 0.05) is 0 Å². The first-order valence-electron chi connectivity index (χ1n) is 7.97. The quantitative estimate of drug-likeness (QED) is 0.549. The molecule has 0 saturated heterocycles. The first kappa shape index (κ1) is 17.6. The molecule has 0 fully saturated rings. The third-order valence-corrected chi connectivity index (χ3v) is 18.1. The molecule has 3 heteroatoms. The standard InChI is InChI=1S/C21H21AsCl2/c1-16-4-10-19(11-5-16)22(23,24,20-12-6-17(2)7-13-20)21-14-8-18(3)9-15-21/h4-15H,1-3H3. The number of hydrogen-bond donors (Lipinski definition) is 0. The van der Waals surface area contributed by atoms with Crippen LogP contribution in [0.1, 0.15) is 16.7 Å². The second-order valence-corrected chi connectivity index (χ2v) is 21.4. The van der Waals surface area contributed by atoms with Crippen LogP contribution in [0.5, 0.6) is 0 Å². The molecule has 0 heterocycles. The van der Waals surface area contributed by atoms with Crippen molar-refractivity contribution in [2.45, 2.75) is 20.8 Å². The van der Waals surface area contributed by atoms with Crippen molar-refractivity contribution in [3.05, 3.63) is 89.5 Å². The molecule has 3 aromatic carbocycles. The summed E-state index contributed by atoms with van der Waals surface area (Å²) in [5.41, 5.74) is 3.60. The zero-order valence-electron chi connectivity index (χ0n) is 14.1. The van der Waals surface area contributed by atoms with Crippen LogP contribution >= 0.6 is 19.9 Å². The number of benzene rings is 3. The average Bonchev–Trinajstić information content (AvgIpc) is 2.56. The van der Waals surface area contributed by atoms with Gasteiger partial charge in [0.2, 0.25) is 0 Å². The van der Waals surface area contributed by atoms with Crippen molar-refractivity contribution in [3.8, 4) is 0 Å². The third-order valence-electron chi connectivity index (χ3n) is 4.46. The fraction of sp³-hybridized carbons (Fsp3) is 0.143. The molecule has 0 aliphatic rings. The number of halogens is 2. The summed E-state index contributed by atoms with van der Waals surface area (Å²) < 4.78 is 3.07. The normalized spacial score (nSPS) is 13.3. The summed E-state index contributed by atoms with van der Waals surface area (Å²) in [6, 6.07) is 25.0. The third kappa shape index (κ3) is 2.92. The summed E-state index contributed by atoms with van der Waals surface area (Å²) in [6.45, 7) is 6.22. The molecule has 0 aromatic heterocycles. The second kappa shape index (κ2) is 6.26. The molecule has 0 bridgehead atoms. The molecule has 0 atom stereocenters. The predicted octanol–water partition coefficient (Wildman–Crippen LogP) is 4.51. The Labute approximate surface area is 153 Å². The topological polar surface area (TPSA) is 0 Å². The van der Waals surface area contributed by atoms with Crippen molar-refractivity contribution >= 4 is 43.5 Å². The molecule has 0 amide bonds. The molecular weight excluding hydrogens is 398 g/mol. The molecule has 0 saturated carbocycles. The summed E-state index contributed by atoms with van der Waals surface area (Å²) in [5, 5.41) is 0. The Morgan fingerprint density at radius 1 is 0.458 bits per heavy atom. The Balaban J connectivity index is 2.33. The van der Waals surface area contributed by atoms with Gasteiger partial charge in [0.1, 0.15) is 0 Å². The van der Waals surface area contributed by atoms with Crippen LogP contribution in [-0.4, -0.2) is 10.6 Å². The Kier molecular flexibility index (Phi) is 4.60. The van der Waals surface area contributed by atoms with E-state index in [2.05, 4.69) is 93.6 Å². The molecule has 3 rings (SSSR count). The van der Waals surface area contributed by atoms with Gasteiger partial charge in [-0.3, -0.25) is 0 Å². The van der Waals surface area contributed by atoms with Crippen LogP contribution in [0.3, 0.4) is 0 Å². The van der Waals surface area contributed by atoms with Crippen molar-refractivity contribution in [1.82, 2.24) is 0 Å². The molecule has 0 aliphatic carbocycles. The first-order chi connectivity index (χ1) is 11.3. The Hall–Kier alpha value is -1.20. The Morgan fingerprint density at radius 3 is 0.875 bits per heavy atom. The zero-order chi connectivity index (χ0) is 17.4. The van der Waals surface area contributed by atoms with Gasteiger partial charge in [-0.2, -0.15) is 0 Å². The van der Waals surface area contributed by atoms with E-state index in [0.29, 0.717) is 0 Å². The van der Waals surface area contributed by atoms with E-state index in [1.165, 1.54) is 16.7 Å². The first-order valence-corrected chi connectivity index (χ1v) is 15.7. The van der Waals surface area contributed by atoms with E-state index < -0.39 is 10.6 Å². The summed E-state index contributed by atoms with van der Waals surface area (Å²) in [6.07, 6.45) is 0. The van der Waals surface area contributed by atoms with Gasteiger partial charge in [-0.25, -0.2) is 0 Å². The Morgan fingerprint density at radius 2 is 0.667 bits per heavy atom. The van der Waals surface area contributed by atoms with Crippen LogP contribution in [-0.2, 0) is 0 Å². The second-order valence-electron chi connectivity index (χ2n) is 6.41. The fourth-order valence-electron chi connectivity index (χ4n) is 2.87. The van der Waals surface area contributed by atoms with Crippen molar-refractivity contribution in [1.29, 1.82) is 0 Å². The molecular formula is C21H21AsCl2. The maximum atomic E-state index is 7.47. The van der Waals surface area contributed by atoms with E-state index in [-0.39, 0.29) is 0 Å². The number of aryl methyl sites for hydroxylation is 3. The van der Waals surface area contributed by atoms with Crippen LogP contribution in [0.15, 0.2) is 72.8 Å². The average molecular weight is 419 g/mol. The molecule has 0 N–H and O–H groups in total. The van der Waals surface area contributed by atoms with Crippen LogP contribution in [0, 0.1) is 20.8 Å². The van der Waals surface area contributed by atoms with Gasteiger partial charge in [0.25, 0.3) is 0 Å². The van der Waals surface area contributed by atoms with Crippen LogP contribution in [0.4, 0.5) is 0 Å². The summed E-state index contributed by atoms with van der Waals surface area (Å²) in [4.78, 5) is 0. The molecule has 24 heavy (non-hydrogen) atoms. The molecule has 0 unspecified atom stereocenters. The van der Waals surface area contributed by atoms with Crippen molar-refractivity contribution in [3.63, 3.8) is 0 Å². The summed E-state index contributed by atoms with van der Waals surface area (Å²) >= 11 is 0. The van der Waals surface area contributed by atoms with E-state index in [9.17, 15) is 0 Å². The van der Waals surface area contributed by atoms with E-state index in [0.717, 1.165) is 13.1 Å². The molecule has 0 radical (unpaired) electrons. The molecule has 0 aliphatic heterocycles. The minimum atomic E-state index is -4.18. The van der Waals surface area contributed by atoms with Crippen LogP contribution in [0.25, 0.3) is 0 Å². The van der Waals surface area contributed by atoms with Crippen molar-refractivity contribution in [2.24, 2.45) is 0 Å². The van der Waals surface area contributed by atoms with Gasteiger partial charge in [0.05, 0.1) is 0 Å². The van der Waals surface area contributed by atoms with Gasteiger partial charge in [-0.1, -0.05) is 0 Å². The van der Waals surface area contributed by atoms with E-state index in [1.807, 2.05) is 0 Å². The molecule has 124 valence electrons. The van der Waals surface area contributed by atoms with Gasteiger partial charge in [0.15, 0.2) is 0 Å². The van der Waals surface area contributed by atoms with E-state index >= 15 is 0 Å². The van der Waals surface area contributed by atoms with E-state index in [1.54, 1.807) is 0 Å². The molecule has 0 spiro atoms. The van der Waals surface area contributed by atoms with Crippen LogP contribution in [0.2, 0.25) is 0 Å². The fourth-order valence-corrected chi connectivity index (χ4v) is 12.5. The van der Waals surface area contributed by atoms with Gasteiger partial charge >= 0.3 is 154 Å². The van der Waals surface area contributed by atoms with Crippen molar-refractivity contribution in [2.75, 3.05) is 0 Å². The summed E-state index contributed by atoms with van der Waals surface area (Å²) in [7, 11) is 10.8.